The van der Waals surface area contributed by atoms with Crippen LogP contribution in [-0.2, 0) is 0 Å². The number of hydrogen-bond donors (Lipinski definition) is 1. The van der Waals surface area contributed by atoms with E-state index in [9.17, 15) is 0 Å². The summed E-state index contributed by atoms with van der Waals surface area (Å²) in [6.45, 7) is 5.73. The maximum atomic E-state index is 4.74. The van der Waals surface area contributed by atoms with Crippen molar-refractivity contribution >= 4 is 27.4 Å². The number of fused-ring (bicyclic) bond motifs is 1. The van der Waals surface area contributed by atoms with Crippen LogP contribution in [0.1, 0.15) is 32.1 Å². The number of piperidine rings is 1. The molecular formula is C25H33N5S. The summed E-state index contributed by atoms with van der Waals surface area (Å²) in [5, 5.41) is 7.20. The molecule has 2 aliphatic rings. The Bertz CT molecular complexity index is 980. The number of benzene rings is 1. The lowest BCUT2D eigenvalue weighted by Gasteiger charge is -2.33. The monoisotopic (exact) mass is 435 g/mol. The van der Waals surface area contributed by atoms with Crippen molar-refractivity contribution in [3.05, 3.63) is 42.0 Å². The van der Waals surface area contributed by atoms with Gasteiger partial charge in [0.15, 0.2) is 0 Å². The molecule has 1 N–H and O–H groups in total. The van der Waals surface area contributed by atoms with Gasteiger partial charge in [-0.2, -0.15) is 0 Å². The first kappa shape index (κ1) is 20.9. The van der Waals surface area contributed by atoms with Gasteiger partial charge in [-0.1, -0.05) is 30.3 Å². The van der Waals surface area contributed by atoms with Gasteiger partial charge in [0.25, 0.3) is 0 Å². The molecule has 0 spiro atoms. The molecule has 0 amide bonds. The van der Waals surface area contributed by atoms with Crippen LogP contribution >= 0.6 is 11.3 Å². The van der Waals surface area contributed by atoms with Crippen molar-refractivity contribution in [2.24, 2.45) is 5.92 Å². The number of anilines is 1. The number of nitrogens with one attached hydrogen (secondary N) is 1. The van der Waals surface area contributed by atoms with Gasteiger partial charge in [0, 0.05) is 30.1 Å². The summed E-state index contributed by atoms with van der Waals surface area (Å²) in [7, 11) is 2.27. The highest BCUT2D eigenvalue weighted by Gasteiger charge is 2.24. The normalized spacial score (nSPS) is 20.7. The van der Waals surface area contributed by atoms with Crippen LogP contribution in [0, 0.1) is 5.92 Å². The summed E-state index contributed by atoms with van der Waals surface area (Å²) >= 11 is 1.72. The molecule has 3 aromatic rings. The molecule has 4 heterocycles. The van der Waals surface area contributed by atoms with E-state index in [2.05, 4.69) is 62.9 Å². The maximum absolute atomic E-state index is 4.74. The fourth-order valence-corrected chi connectivity index (χ4v) is 6.11. The molecule has 1 aromatic carbocycles. The molecule has 0 bridgehead atoms. The molecule has 6 heteroatoms. The van der Waals surface area contributed by atoms with Crippen LogP contribution in [0.15, 0.2) is 42.0 Å². The fourth-order valence-electron chi connectivity index (χ4n) is 5.20. The summed E-state index contributed by atoms with van der Waals surface area (Å²) in [5.41, 5.74) is 2.51. The third kappa shape index (κ3) is 4.61. The van der Waals surface area contributed by atoms with E-state index in [4.69, 9.17) is 4.98 Å². The summed E-state index contributed by atoms with van der Waals surface area (Å²) in [4.78, 5) is 15.4. The van der Waals surface area contributed by atoms with Gasteiger partial charge >= 0.3 is 0 Å². The van der Waals surface area contributed by atoms with E-state index in [-0.39, 0.29) is 0 Å². The summed E-state index contributed by atoms with van der Waals surface area (Å²) in [6.07, 6.45) is 8.22. The van der Waals surface area contributed by atoms with Crippen molar-refractivity contribution in [2.75, 3.05) is 44.7 Å². The van der Waals surface area contributed by atoms with Crippen LogP contribution in [0.5, 0.6) is 0 Å². The number of thiophene rings is 1. The van der Waals surface area contributed by atoms with Gasteiger partial charge in [0.05, 0.1) is 5.39 Å². The van der Waals surface area contributed by atoms with Gasteiger partial charge < -0.3 is 15.1 Å². The number of likely N-dealkylation sites (tertiary alicyclic amines) is 1. The average molecular weight is 436 g/mol. The summed E-state index contributed by atoms with van der Waals surface area (Å²) < 4.78 is 0. The first-order valence-corrected chi connectivity index (χ1v) is 12.6. The fraction of sp³-hybridized carbons (Fsp3) is 0.520. The Hall–Kier alpha value is -2.02. The molecule has 0 saturated carbocycles. The van der Waals surface area contributed by atoms with E-state index in [1.165, 1.54) is 55.2 Å². The van der Waals surface area contributed by atoms with Gasteiger partial charge in [-0.15, -0.1) is 11.3 Å². The van der Waals surface area contributed by atoms with E-state index in [0.29, 0.717) is 0 Å². The summed E-state index contributed by atoms with van der Waals surface area (Å²) in [5.74, 6) is 1.88. The minimum absolute atomic E-state index is 0.769. The van der Waals surface area contributed by atoms with Crippen LogP contribution < -0.4 is 10.2 Å². The molecule has 0 radical (unpaired) electrons. The highest BCUT2D eigenvalue weighted by Crippen LogP contribution is 2.38. The van der Waals surface area contributed by atoms with E-state index >= 15 is 0 Å². The number of aromatic nitrogens is 2. The van der Waals surface area contributed by atoms with Gasteiger partial charge in [-0.25, -0.2) is 9.97 Å². The van der Waals surface area contributed by atoms with Crippen molar-refractivity contribution in [3.63, 3.8) is 0 Å². The lowest BCUT2D eigenvalue weighted by atomic mass is 9.96. The van der Waals surface area contributed by atoms with Crippen LogP contribution in [0.25, 0.3) is 21.3 Å². The Labute approximate surface area is 189 Å². The molecular weight excluding hydrogens is 402 g/mol. The number of rotatable bonds is 7. The Morgan fingerprint density at radius 3 is 2.68 bits per heavy atom. The smallest absolute Gasteiger partial charge is 0.141 e. The zero-order valence-electron chi connectivity index (χ0n) is 18.5. The van der Waals surface area contributed by atoms with Gasteiger partial charge in [0.2, 0.25) is 0 Å². The zero-order chi connectivity index (χ0) is 21.0. The average Bonchev–Trinajstić information content (AvgIpc) is 3.44. The lowest BCUT2D eigenvalue weighted by Crippen LogP contribution is -2.38. The van der Waals surface area contributed by atoms with Gasteiger partial charge in [-0.05, 0) is 70.3 Å². The molecule has 2 aliphatic heterocycles. The Balaban J connectivity index is 1.19. The van der Waals surface area contributed by atoms with E-state index < -0.39 is 0 Å². The molecule has 1 atom stereocenters. The van der Waals surface area contributed by atoms with Gasteiger partial charge in [-0.3, -0.25) is 0 Å². The molecule has 2 saturated heterocycles. The SMILES string of the molecule is CN1CCC[C@H]1CCNCC1CCN(c2ncnc3scc(-c4ccccc4)c23)CC1. The third-order valence-electron chi connectivity index (χ3n) is 7.11. The second kappa shape index (κ2) is 9.63. The van der Waals surface area contributed by atoms with Gasteiger partial charge in [0.1, 0.15) is 17.0 Å². The first-order chi connectivity index (χ1) is 15.3. The second-order valence-electron chi connectivity index (χ2n) is 9.09. The standard InChI is InChI=1S/C25H33N5S/c1-29-13-5-8-21(29)9-12-26-16-19-10-14-30(15-11-19)24-23-22(20-6-3-2-4-7-20)17-31-25(23)28-18-27-24/h2-4,6-7,17-19,21,26H,5,8-16H2,1H3/t21-/m0/s1. The van der Waals surface area contributed by atoms with Crippen molar-refractivity contribution < 1.29 is 0 Å². The molecule has 31 heavy (non-hydrogen) atoms. The van der Waals surface area contributed by atoms with Crippen LogP contribution in [0.4, 0.5) is 5.82 Å². The minimum atomic E-state index is 0.769. The maximum Gasteiger partial charge on any atom is 0.141 e. The quantitative estimate of drug-likeness (QED) is 0.547. The Kier molecular flexibility index (Phi) is 6.48. The second-order valence-corrected chi connectivity index (χ2v) is 9.95. The molecule has 0 aliphatic carbocycles. The van der Waals surface area contributed by atoms with E-state index in [1.807, 2.05) is 0 Å². The highest BCUT2D eigenvalue weighted by molar-refractivity contribution is 7.17. The van der Waals surface area contributed by atoms with Crippen molar-refractivity contribution in [3.8, 4) is 11.1 Å². The molecule has 5 nitrogen and oxygen atoms in total. The minimum Gasteiger partial charge on any atom is -0.356 e. The molecule has 0 unspecified atom stereocenters. The van der Waals surface area contributed by atoms with Crippen molar-refractivity contribution in [2.45, 2.75) is 38.1 Å². The Morgan fingerprint density at radius 2 is 1.90 bits per heavy atom. The lowest BCUT2D eigenvalue weighted by molar-refractivity contribution is 0.289. The molecule has 2 aromatic heterocycles. The summed E-state index contributed by atoms with van der Waals surface area (Å²) in [6, 6.07) is 11.4. The van der Waals surface area contributed by atoms with Crippen molar-refractivity contribution in [1.29, 1.82) is 0 Å². The van der Waals surface area contributed by atoms with E-state index in [0.717, 1.165) is 48.8 Å². The van der Waals surface area contributed by atoms with Crippen LogP contribution in [0.3, 0.4) is 0 Å². The predicted octanol–water partition coefficient (Wildman–Crippen LogP) is 4.65. The number of nitrogens with zero attached hydrogens (tertiary/aromatic N) is 4. The van der Waals surface area contributed by atoms with Crippen LogP contribution in [-0.4, -0.2) is 60.7 Å². The Morgan fingerprint density at radius 1 is 1.06 bits per heavy atom. The molecule has 2 fully saturated rings. The van der Waals surface area contributed by atoms with E-state index in [1.54, 1.807) is 17.7 Å². The van der Waals surface area contributed by atoms with Crippen LogP contribution in [0.2, 0.25) is 0 Å². The largest absolute Gasteiger partial charge is 0.356 e. The first-order valence-electron chi connectivity index (χ1n) is 11.7. The molecule has 5 rings (SSSR count). The zero-order valence-corrected chi connectivity index (χ0v) is 19.3. The highest BCUT2D eigenvalue weighted by atomic mass is 32.1. The topological polar surface area (TPSA) is 44.3 Å². The van der Waals surface area contributed by atoms with Crippen molar-refractivity contribution in [1.82, 2.24) is 20.2 Å². The number of hydrogen-bond acceptors (Lipinski definition) is 6. The molecule has 164 valence electrons. The predicted molar refractivity (Wildman–Crippen MR) is 131 cm³/mol. The third-order valence-corrected chi connectivity index (χ3v) is 7.99.